The second-order valence-corrected chi connectivity index (χ2v) is 4.45. The van der Waals surface area contributed by atoms with Crippen molar-refractivity contribution in [1.29, 1.82) is 0 Å². The van der Waals surface area contributed by atoms with E-state index in [4.69, 9.17) is 23.2 Å². The van der Waals surface area contributed by atoms with Gasteiger partial charge in [0.25, 0.3) is 5.56 Å². The van der Waals surface area contributed by atoms with Crippen molar-refractivity contribution in [2.24, 2.45) is 0 Å². The first-order valence-electron chi connectivity index (χ1n) is 3.77. The van der Waals surface area contributed by atoms with Crippen LogP contribution in [-0.2, 0) is 5.54 Å². The zero-order valence-corrected chi connectivity index (χ0v) is 9.15. The minimum atomic E-state index is -0.340. The van der Waals surface area contributed by atoms with Crippen molar-refractivity contribution in [3.63, 3.8) is 0 Å². The Hall–Kier alpha value is -0.540. The number of hydrogen-bond acceptors (Lipinski definition) is 2. The maximum absolute atomic E-state index is 11.5. The van der Waals surface area contributed by atoms with Gasteiger partial charge >= 0.3 is 0 Å². The van der Waals surface area contributed by atoms with Gasteiger partial charge in [0.1, 0.15) is 5.15 Å². The molecule has 0 atom stereocenters. The number of nitrogens with zero attached hydrogens (tertiary/aromatic N) is 2. The van der Waals surface area contributed by atoms with Gasteiger partial charge in [-0.25, -0.2) is 4.98 Å². The van der Waals surface area contributed by atoms with E-state index in [1.54, 1.807) is 0 Å². The van der Waals surface area contributed by atoms with E-state index in [0.29, 0.717) is 0 Å². The van der Waals surface area contributed by atoms with Crippen molar-refractivity contribution < 1.29 is 0 Å². The van der Waals surface area contributed by atoms with Gasteiger partial charge in [-0.05, 0) is 20.8 Å². The summed E-state index contributed by atoms with van der Waals surface area (Å²) in [6.07, 6.45) is 1.48. The predicted molar refractivity (Wildman–Crippen MR) is 53.5 cm³/mol. The van der Waals surface area contributed by atoms with Crippen LogP contribution in [-0.4, -0.2) is 9.55 Å². The monoisotopic (exact) mass is 220 g/mol. The molecule has 1 heterocycles. The summed E-state index contributed by atoms with van der Waals surface area (Å²) in [5.41, 5.74) is -0.661. The lowest BCUT2D eigenvalue weighted by atomic mass is 10.1. The highest BCUT2D eigenvalue weighted by atomic mass is 35.5. The summed E-state index contributed by atoms with van der Waals surface area (Å²) in [6, 6.07) is 0. The molecule has 0 amide bonds. The Bertz CT molecular complexity index is 379. The highest BCUT2D eigenvalue weighted by Crippen LogP contribution is 2.14. The number of rotatable bonds is 0. The normalized spacial score (nSPS) is 11.8. The van der Waals surface area contributed by atoms with Crippen LogP contribution in [0.5, 0.6) is 0 Å². The fourth-order valence-corrected chi connectivity index (χ4v) is 1.34. The zero-order chi connectivity index (χ0) is 10.2. The summed E-state index contributed by atoms with van der Waals surface area (Å²) in [6.45, 7) is 5.67. The molecule has 0 N–H and O–H groups in total. The van der Waals surface area contributed by atoms with Crippen LogP contribution in [0.2, 0.25) is 10.3 Å². The molecule has 0 radical (unpaired) electrons. The molecule has 0 saturated carbocycles. The molecule has 5 heteroatoms. The minimum Gasteiger partial charge on any atom is -0.305 e. The second-order valence-electron chi connectivity index (χ2n) is 3.70. The van der Waals surface area contributed by atoms with Crippen LogP contribution < -0.4 is 5.56 Å². The van der Waals surface area contributed by atoms with Gasteiger partial charge in [0.05, 0.1) is 0 Å². The molecular weight excluding hydrogens is 211 g/mol. The van der Waals surface area contributed by atoms with Gasteiger partial charge in [-0.2, -0.15) is 0 Å². The molecule has 0 bridgehead atoms. The summed E-state index contributed by atoms with van der Waals surface area (Å²) in [4.78, 5) is 15.1. The van der Waals surface area contributed by atoms with Crippen LogP contribution >= 0.6 is 23.2 Å². The summed E-state index contributed by atoms with van der Waals surface area (Å²) in [5.74, 6) is 0. The molecule has 72 valence electrons. The molecule has 3 nitrogen and oxygen atoms in total. The van der Waals surface area contributed by atoms with Crippen molar-refractivity contribution in [2.75, 3.05) is 0 Å². The van der Waals surface area contributed by atoms with Crippen LogP contribution in [0, 0.1) is 0 Å². The first kappa shape index (κ1) is 10.5. The Morgan fingerprint density at radius 3 is 2.38 bits per heavy atom. The molecular formula is C8H10Cl2N2O. The SMILES string of the molecule is CC(C)(C)n1cc(Cl)nc(Cl)c1=O. The van der Waals surface area contributed by atoms with Crippen molar-refractivity contribution in [3.8, 4) is 0 Å². The Morgan fingerprint density at radius 1 is 1.38 bits per heavy atom. The Labute approximate surface area is 86.3 Å². The summed E-state index contributed by atoms with van der Waals surface area (Å²) < 4.78 is 1.46. The van der Waals surface area contributed by atoms with Gasteiger partial charge in [-0.15, -0.1) is 0 Å². The molecule has 0 aliphatic heterocycles. The maximum Gasteiger partial charge on any atom is 0.288 e. The standard InChI is InChI=1S/C8H10Cl2N2O/c1-8(2,3)12-4-5(9)11-6(10)7(12)13/h4H,1-3H3. The molecule has 0 aliphatic rings. The molecule has 1 rings (SSSR count). The van der Waals surface area contributed by atoms with Gasteiger partial charge in [0.15, 0.2) is 5.15 Å². The van der Waals surface area contributed by atoms with E-state index >= 15 is 0 Å². The van der Waals surface area contributed by atoms with E-state index in [1.807, 2.05) is 20.8 Å². The van der Waals surface area contributed by atoms with Gasteiger partial charge in [-0.3, -0.25) is 4.79 Å². The largest absolute Gasteiger partial charge is 0.305 e. The Morgan fingerprint density at radius 2 is 1.92 bits per heavy atom. The van der Waals surface area contributed by atoms with E-state index < -0.39 is 0 Å². The molecule has 13 heavy (non-hydrogen) atoms. The predicted octanol–water partition coefficient (Wildman–Crippen LogP) is 2.31. The van der Waals surface area contributed by atoms with Gasteiger partial charge in [0.2, 0.25) is 0 Å². The van der Waals surface area contributed by atoms with E-state index in [2.05, 4.69) is 4.98 Å². The van der Waals surface area contributed by atoms with Crippen molar-refractivity contribution >= 4 is 23.2 Å². The highest BCUT2D eigenvalue weighted by molar-refractivity contribution is 6.32. The van der Waals surface area contributed by atoms with Crippen LogP contribution in [0.1, 0.15) is 20.8 Å². The molecule has 1 aromatic heterocycles. The summed E-state index contributed by atoms with van der Waals surface area (Å²) >= 11 is 11.3. The van der Waals surface area contributed by atoms with Crippen LogP contribution in [0.3, 0.4) is 0 Å². The summed E-state index contributed by atoms with van der Waals surface area (Å²) in [7, 11) is 0. The average Bonchev–Trinajstić information content (AvgIpc) is 1.94. The van der Waals surface area contributed by atoms with Gasteiger partial charge in [0, 0.05) is 11.7 Å². The quantitative estimate of drug-likeness (QED) is 0.673. The van der Waals surface area contributed by atoms with Crippen molar-refractivity contribution in [1.82, 2.24) is 9.55 Å². The van der Waals surface area contributed by atoms with E-state index in [-0.39, 0.29) is 21.4 Å². The lowest BCUT2D eigenvalue weighted by Gasteiger charge is -2.22. The third-order valence-corrected chi connectivity index (χ3v) is 1.99. The highest BCUT2D eigenvalue weighted by Gasteiger charge is 2.17. The zero-order valence-electron chi connectivity index (χ0n) is 7.64. The maximum atomic E-state index is 11.5. The molecule has 1 aromatic rings. The molecule has 0 unspecified atom stereocenters. The van der Waals surface area contributed by atoms with Crippen molar-refractivity contribution in [3.05, 3.63) is 26.9 Å². The minimum absolute atomic E-state index is 0.0950. The fourth-order valence-electron chi connectivity index (χ4n) is 0.933. The number of halogens is 2. The third-order valence-electron chi connectivity index (χ3n) is 1.56. The van der Waals surface area contributed by atoms with Crippen LogP contribution in [0.15, 0.2) is 11.0 Å². The lowest BCUT2D eigenvalue weighted by molar-refractivity contribution is 0.382. The third kappa shape index (κ3) is 2.23. The summed E-state index contributed by atoms with van der Waals surface area (Å²) in [5, 5.41) is 0.127. The number of aromatic nitrogens is 2. The van der Waals surface area contributed by atoms with E-state index in [9.17, 15) is 4.79 Å². The average molecular weight is 221 g/mol. The Balaban J connectivity index is 3.47. The van der Waals surface area contributed by atoms with E-state index in [0.717, 1.165) is 0 Å². The van der Waals surface area contributed by atoms with E-state index in [1.165, 1.54) is 10.8 Å². The number of hydrogen-bond donors (Lipinski definition) is 0. The molecule has 0 aliphatic carbocycles. The molecule has 0 saturated heterocycles. The lowest BCUT2D eigenvalue weighted by Crippen LogP contribution is -2.34. The molecule has 0 fully saturated rings. The second kappa shape index (κ2) is 3.31. The van der Waals surface area contributed by atoms with Crippen LogP contribution in [0.25, 0.3) is 0 Å². The molecule has 0 aromatic carbocycles. The molecule has 0 spiro atoms. The van der Waals surface area contributed by atoms with Gasteiger partial charge in [-0.1, -0.05) is 23.2 Å². The van der Waals surface area contributed by atoms with Gasteiger partial charge < -0.3 is 4.57 Å². The van der Waals surface area contributed by atoms with Crippen molar-refractivity contribution in [2.45, 2.75) is 26.3 Å². The first-order valence-corrected chi connectivity index (χ1v) is 4.53. The first-order chi connectivity index (χ1) is 5.82. The topological polar surface area (TPSA) is 34.9 Å². The Kier molecular flexibility index (Phi) is 2.68. The smallest absolute Gasteiger partial charge is 0.288 e. The fraction of sp³-hybridized carbons (Fsp3) is 0.500. The van der Waals surface area contributed by atoms with Crippen LogP contribution in [0.4, 0.5) is 0 Å².